The lowest BCUT2D eigenvalue weighted by molar-refractivity contribution is -0.116. The van der Waals surface area contributed by atoms with Gasteiger partial charge < -0.3 is 20.1 Å². The van der Waals surface area contributed by atoms with Crippen molar-refractivity contribution in [2.45, 2.75) is 32.4 Å². The summed E-state index contributed by atoms with van der Waals surface area (Å²) >= 11 is 13.7. The van der Waals surface area contributed by atoms with Crippen LogP contribution < -0.4 is 20.1 Å². The van der Waals surface area contributed by atoms with Crippen LogP contribution in [0.3, 0.4) is 0 Å². The summed E-state index contributed by atoms with van der Waals surface area (Å²) in [6.45, 7) is 4.80. The third-order valence-corrected chi connectivity index (χ3v) is 6.97. The molecule has 1 atom stereocenters. The van der Waals surface area contributed by atoms with Crippen LogP contribution in [0.4, 0.5) is 5.69 Å². The molecule has 1 aliphatic rings. The molecule has 0 saturated carbocycles. The smallest absolute Gasteiger partial charge is 0.260 e. The Morgan fingerprint density at radius 1 is 1.00 bits per heavy atom. The molecule has 3 aromatic rings. The van der Waals surface area contributed by atoms with Gasteiger partial charge in [-0.3, -0.25) is 4.79 Å². The van der Waals surface area contributed by atoms with Gasteiger partial charge in [0.15, 0.2) is 17.0 Å². The van der Waals surface area contributed by atoms with E-state index in [0.717, 1.165) is 23.2 Å². The van der Waals surface area contributed by atoms with E-state index in [2.05, 4.69) is 29.7 Å². The first-order valence-electron chi connectivity index (χ1n) is 11.3. The zero-order valence-electron chi connectivity index (χ0n) is 19.4. The van der Waals surface area contributed by atoms with Crippen molar-refractivity contribution in [2.24, 2.45) is 0 Å². The Balaban J connectivity index is 1.45. The van der Waals surface area contributed by atoms with E-state index in [-0.39, 0.29) is 18.0 Å². The van der Waals surface area contributed by atoms with E-state index < -0.39 is 0 Å². The van der Waals surface area contributed by atoms with Crippen molar-refractivity contribution in [1.82, 2.24) is 5.32 Å². The molecule has 4 rings (SSSR count). The summed E-state index contributed by atoms with van der Waals surface area (Å²) in [5.74, 6) is 1.08. The maximum absolute atomic E-state index is 12.6. The predicted octanol–water partition coefficient (Wildman–Crippen LogP) is 7.13. The molecule has 5 nitrogen and oxygen atoms in total. The minimum absolute atomic E-state index is 0.117. The molecule has 3 aromatic carbocycles. The van der Waals surface area contributed by atoms with Gasteiger partial charge in [-0.1, -0.05) is 66.2 Å². The average Bonchev–Trinajstić information content (AvgIpc) is 3.18. The Morgan fingerprint density at radius 2 is 1.80 bits per heavy atom. The molecule has 2 N–H and O–H groups in total. The van der Waals surface area contributed by atoms with Crippen molar-refractivity contribution in [3.05, 3.63) is 92.3 Å². The molecule has 1 heterocycles. The second kappa shape index (κ2) is 11.8. The van der Waals surface area contributed by atoms with Crippen LogP contribution in [0.1, 0.15) is 30.5 Å². The number of amides is 1. The molecule has 1 fully saturated rings. The molecule has 35 heavy (non-hydrogen) atoms. The third kappa shape index (κ3) is 6.66. The fourth-order valence-electron chi connectivity index (χ4n) is 3.50. The van der Waals surface area contributed by atoms with Gasteiger partial charge in [0.05, 0.1) is 11.5 Å². The number of hydrogen-bond donors (Lipinski definition) is 2. The number of halogens is 2. The summed E-state index contributed by atoms with van der Waals surface area (Å²) in [6, 6.07) is 19.1. The second-order valence-electron chi connectivity index (χ2n) is 7.84. The number of thioether (sulfide) groups is 1. The summed E-state index contributed by atoms with van der Waals surface area (Å²) in [6.07, 6.45) is 2.84. The summed E-state index contributed by atoms with van der Waals surface area (Å²) in [5, 5.41) is 7.44. The molecular weight excluding hydrogens is 503 g/mol. The lowest BCUT2D eigenvalue weighted by Gasteiger charge is -2.14. The Kier molecular flexibility index (Phi) is 8.50. The van der Waals surface area contributed by atoms with Gasteiger partial charge in [-0.05, 0) is 66.9 Å². The highest BCUT2D eigenvalue weighted by Gasteiger charge is 2.27. The molecule has 0 aromatic heterocycles. The SMILES string of the molecule is CCOc1cc(/C=C2\S[C@H](Nc3ccc(CC)cc3)NC2=O)ccc1OCc1ccc(Cl)cc1Cl. The summed E-state index contributed by atoms with van der Waals surface area (Å²) in [5.41, 5.74) is 3.66. The lowest BCUT2D eigenvalue weighted by Crippen LogP contribution is -2.30. The number of carbonyl (C=O) groups is 1. The number of anilines is 1. The minimum atomic E-state index is -0.237. The van der Waals surface area contributed by atoms with Crippen molar-refractivity contribution in [3.8, 4) is 11.5 Å². The minimum Gasteiger partial charge on any atom is -0.490 e. The summed E-state index contributed by atoms with van der Waals surface area (Å²) in [4.78, 5) is 13.2. The van der Waals surface area contributed by atoms with Crippen LogP contribution in [0.15, 0.2) is 65.6 Å². The Hall–Kier alpha value is -2.80. The molecule has 0 spiro atoms. The van der Waals surface area contributed by atoms with E-state index >= 15 is 0 Å². The van der Waals surface area contributed by atoms with Crippen molar-refractivity contribution in [2.75, 3.05) is 11.9 Å². The first-order valence-corrected chi connectivity index (χ1v) is 13.0. The van der Waals surface area contributed by atoms with Crippen LogP contribution in [0.2, 0.25) is 10.0 Å². The molecule has 0 bridgehead atoms. The quantitative estimate of drug-likeness (QED) is 0.289. The van der Waals surface area contributed by atoms with Crippen LogP contribution >= 0.6 is 35.0 Å². The van der Waals surface area contributed by atoms with Crippen molar-refractivity contribution < 1.29 is 14.3 Å². The predicted molar refractivity (Wildman–Crippen MR) is 145 cm³/mol. The summed E-state index contributed by atoms with van der Waals surface area (Å²) < 4.78 is 11.8. The largest absolute Gasteiger partial charge is 0.490 e. The van der Waals surface area contributed by atoms with Gasteiger partial charge in [-0.15, -0.1) is 0 Å². The lowest BCUT2D eigenvalue weighted by atomic mass is 10.1. The normalized spacial score (nSPS) is 16.3. The number of rotatable bonds is 9. The van der Waals surface area contributed by atoms with Crippen molar-refractivity contribution in [3.63, 3.8) is 0 Å². The van der Waals surface area contributed by atoms with Gasteiger partial charge in [0.2, 0.25) is 0 Å². The fourth-order valence-corrected chi connectivity index (χ4v) is 4.95. The van der Waals surface area contributed by atoms with Crippen LogP contribution in [-0.2, 0) is 17.8 Å². The zero-order chi connectivity index (χ0) is 24.8. The number of carbonyl (C=O) groups excluding carboxylic acids is 1. The molecule has 8 heteroatoms. The fraction of sp³-hybridized carbons (Fsp3) is 0.222. The highest BCUT2D eigenvalue weighted by atomic mass is 35.5. The molecule has 1 saturated heterocycles. The molecule has 0 radical (unpaired) electrons. The molecule has 1 amide bonds. The number of benzene rings is 3. The Morgan fingerprint density at radius 3 is 2.51 bits per heavy atom. The van der Waals surface area contributed by atoms with Crippen molar-refractivity contribution >= 4 is 52.6 Å². The average molecular weight is 529 g/mol. The third-order valence-electron chi connectivity index (χ3n) is 5.35. The first kappa shape index (κ1) is 25.3. The van der Waals surface area contributed by atoms with Gasteiger partial charge in [0.1, 0.15) is 6.61 Å². The first-order chi connectivity index (χ1) is 16.9. The van der Waals surface area contributed by atoms with E-state index in [1.165, 1.54) is 17.3 Å². The maximum atomic E-state index is 12.6. The van der Waals surface area contributed by atoms with Crippen LogP contribution in [-0.4, -0.2) is 18.0 Å². The van der Waals surface area contributed by atoms with E-state index in [1.807, 2.05) is 49.4 Å². The summed E-state index contributed by atoms with van der Waals surface area (Å²) in [7, 11) is 0. The van der Waals surface area contributed by atoms with Crippen LogP contribution in [0, 0.1) is 0 Å². The number of hydrogen-bond acceptors (Lipinski definition) is 5. The monoisotopic (exact) mass is 528 g/mol. The number of ether oxygens (including phenoxy) is 2. The standard InChI is InChI=1S/C27H26Cl2N2O3S/c1-3-17-5-10-21(11-6-17)30-27-31-26(32)25(35-27)14-18-7-12-23(24(13-18)33-4-2)34-16-19-8-9-20(28)15-22(19)29/h5-15,27,30H,3-4,16H2,1-2H3,(H,31,32)/b25-14-/t27-/m1/s1. The zero-order valence-corrected chi connectivity index (χ0v) is 21.8. The Bertz CT molecular complexity index is 1230. The Labute approximate surface area is 219 Å². The van der Waals surface area contributed by atoms with Crippen LogP contribution in [0.5, 0.6) is 11.5 Å². The highest BCUT2D eigenvalue weighted by Crippen LogP contribution is 2.34. The van der Waals surface area contributed by atoms with Gasteiger partial charge in [0, 0.05) is 21.3 Å². The highest BCUT2D eigenvalue weighted by molar-refractivity contribution is 8.05. The van der Waals surface area contributed by atoms with Gasteiger partial charge in [-0.2, -0.15) is 0 Å². The van der Waals surface area contributed by atoms with E-state index in [9.17, 15) is 4.79 Å². The molecule has 0 unspecified atom stereocenters. The van der Waals surface area contributed by atoms with E-state index in [4.69, 9.17) is 32.7 Å². The van der Waals surface area contributed by atoms with Gasteiger partial charge in [-0.25, -0.2) is 0 Å². The number of aryl methyl sites for hydroxylation is 1. The molecular formula is C27H26Cl2N2O3S. The van der Waals surface area contributed by atoms with E-state index in [1.54, 1.807) is 12.1 Å². The number of nitrogens with one attached hydrogen (secondary N) is 2. The topological polar surface area (TPSA) is 59.6 Å². The van der Waals surface area contributed by atoms with E-state index in [0.29, 0.717) is 33.1 Å². The molecule has 0 aliphatic carbocycles. The van der Waals surface area contributed by atoms with Gasteiger partial charge in [0.25, 0.3) is 5.91 Å². The van der Waals surface area contributed by atoms with Crippen LogP contribution in [0.25, 0.3) is 6.08 Å². The van der Waals surface area contributed by atoms with Crippen molar-refractivity contribution in [1.29, 1.82) is 0 Å². The second-order valence-corrected chi connectivity index (χ2v) is 9.83. The van der Waals surface area contributed by atoms with Gasteiger partial charge >= 0.3 is 0 Å². The molecule has 182 valence electrons. The molecule has 1 aliphatic heterocycles. The maximum Gasteiger partial charge on any atom is 0.260 e.